The molecule has 0 aliphatic rings. The third-order valence-corrected chi connectivity index (χ3v) is 3.17. The number of hydrogen-bond acceptors (Lipinski definition) is 3. The molecule has 0 saturated heterocycles. The smallest absolute Gasteiger partial charge is 0.100 e. The number of rotatable bonds is 4. The SMILES string of the molecule is C(=N/N=C(c1ccccc1)c1ccccc1)/c1ccncc1. The van der Waals surface area contributed by atoms with Crippen molar-refractivity contribution in [1.82, 2.24) is 4.98 Å². The highest BCUT2D eigenvalue weighted by atomic mass is 15.2. The van der Waals surface area contributed by atoms with Gasteiger partial charge in [0.05, 0.1) is 6.21 Å². The van der Waals surface area contributed by atoms with Crippen LogP contribution in [-0.2, 0) is 0 Å². The quantitative estimate of drug-likeness (QED) is 0.528. The molecule has 0 unspecified atom stereocenters. The lowest BCUT2D eigenvalue weighted by Gasteiger charge is -2.04. The predicted molar refractivity (Wildman–Crippen MR) is 90.4 cm³/mol. The van der Waals surface area contributed by atoms with E-state index < -0.39 is 0 Å². The van der Waals surface area contributed by atoms with Gasteiger partial charge in [-0.25, -0.2) is 0 Å². The molecule has 0 saturated carbocycles. The second-order valence-corrected chi connectivity index (χ2v) is 4.71. The lowest BCUT2D eigenvalue weighted by molar-refractivity contribution is 1.24. The highest BCUT2D eigenvalue weighted by Crippen LogP contribution is 2.11. The van der Waals surface area contributed by atoms with Gasteiger partial charge in [-0.3, -0.25) is 4.98 Å². The summed E-state index contributed by atoms with van der Waals surface area (Å²) >= 11 is 0. The molecule has 0 amide bonds. The molecule has 3 aromatic rings. The Morgan fingerprint density at radius 2 is 1.27 bits per heavy atom. The lowest BCUT2D eigenvalue weighted by atomic mass is 10.0. The molecule has 0 bridgehead atoms. The van der Waals surface area contributed by atoms with Crippen molar-refractivity contribution in [2.75, 3.05) is 0 Å². The number of pyridine rings is 1. The summed E-state index contributed by atoms with van der Waals surface area (Å²) in [5.41, 5.74) is 3.91. The highest BCUT2D eigenvalue weighted by Gasteiger charge is 2.05. The molecule has 0 atom stereocenters. The van der Waals surface area contributed by atoms with Crippen LogP contribution in [0.5, 0.6) is 0 Å². The van der Waals surface area contributed by atoms with Gasteiger partial charge < -0.3 is 0 Å². The van der Waals surface area contributed by atoms with Crippen LogP contribution in [0.4, 0.5) is 0 Å². The van der Waals surface area contributed by atoms with Gasteiger partial charge in [-0.15, -0.1) is 5.10 Å². The Hall–Kier alpha value is -3.07. The van der Waals surface area contributed by atoms with Crippen molar-refractivity contribution in [2.24, 2.45) is 10.2 Å². The standard InChI is InChI=1S/C19H15N3/c1-3-7-17(8-4-1)19(18-9-5-2-6-10-18)22-21-15-16-11-13-20-14-12-16/h1-15H/b21-15-. The summed E-state index contributed by atoms with van der Waals surface area (Å²) in [6, 6.07) is 23.9. The molecule has 3 rings (SSSR count). The number of nitrogens with zero attached hydrogens (tertiary/aromatic N) is 3. The van der Waals surface area contributed by atoms with Crippen LogP contribution in [0.15, 0.2) is 95.4 Å². The minimum Gasteiger partial charge on any atom is -0.265 e. The second-order valence-electron chi connectivity index (χ2n) is 4.71. The maximum Gasteiger partial charge on any atom is 0.100 e. The van der Waals surface area contributed by atoms with Crippen molar-refractivity contribution in [2.45, 2.75) is 0 Å². The fourth-order valence-electron chi connectivity index (χ4n) is 2.08. The number of hydrogen-bond donors (Lipinski definition) is 0. The Morgan fingerprint density at radius 3 is 1.82 bits per heavy atom. The molecule has 22 heavy (non-hydrogen) atoms. The van der Waals surface area contributed by atoms with Crippen LogP contribution in [0.25, 0.3) is 0 Å². The summed E-state index contributed by atoms with van der Waals surface area (Å²) in [4.78, 5) is 3.99. The van der Waals surface area contributed by atoms with Gasteiger partial charge in [-0.1, -0.05) is 60.7 Å². The third kappa shape index (κ3) is 3.52. The van der Waals surface area contributed by atoms with Crippen LogP contribution in [0.1, 0.15) is 16.7 Å². The van der Waals surface area contributed by atoms with Gasteiger partial charge in [-0.05, 0) is 17.7 Å². The van der Waals surface area contributed by atoms with Crippen molar-refractivity contribution < 1.29 is 0 Å². The van der Waals surface area contributed by atoms with Gasteiger partial charge in [0, 0.05) is 23.5 Å². The molecule has 0 spiro atoms. The van der Waals surface area contributed by atoms with E-state index in [0.717, 1.165) is 22.4 Å². The van der Waals surface area contributed by atoms with E-state index in [-0.39, 0.29) is 0 Å². The maximum absolute atomic E-state index is 4.43. The van der Waals surface area contributed by atoms with Crippen molar-refractivity contribution in [1.29, 1.82) is 0 Å². The molecule has 0 radical (unpaired) electrons. The van der Waals surface area contributed by atoms with Gasteiger partial charge in [-0.2, -0.15) is 5.10 Å². The van der Waals surface area contributed by atoms with E-state index in [1.807, 2.05) is 72.8 Å². The van der Waals surface area contributed by atoms with Crippen molar-refractivity contribution in [3.8, 4) is 0 Å². The Kier molecular flexibility index (Phi) is 4.47. The van der Waals surface area contributed by atoms with E-state index in [0.29, 0.717) is 0 Å². The summed E-state index contributed by atoms with van der Waals surface area (Å²) < 4.78 is 0. The molecule has 0 aliphatic heterocycles. The fourth-order valence-corrected chi connectivity index (χ4v) is 2.08. The lowest BCUT2D eigenvalue weighted by Crippen LogP contribution is -2.02. The van der Waals surface area contributed by atoms with Crippen molar-refractivity contribution in [3.05, 3.63) is 102 Å². The zero-order chi connectivity index (χ0) is 15.0. The molecule has 0 aliphatic carbocycles. The normalized spacial score (nSPS) is 10.5. The van der Waals surface area contributed by atoms with E-state index in [1.54, 1.807) is 18.6 Å². The Bertz CT molecular complexity index is 722. The summed E-state index contributed by atoms with van der Waals surface area (Å²) in [7, 11) is 0. The number of benzene rings is 2. The minimum absolute atomic E-state index is 0.853. The summed E-state index contributed by atoms with van der Waals surface area (Å²) in [6.07, 6.45) is 5.20. The predicted octanol–water partition coefficient (Wildman–Crippen LogP) is 3.95. The van der Waals surface area contributed by atoms with Crippen molar-refractivity contribution >= 4 is 11.9 Å². The zero-order valence-electron chi connectivity index (χ0n) is 12.0. The van der Waals surface area contributed by atoms with Crippen molar-refractivity contribution in [3.63, 3.8) is 0 Å². The monoisotopic (exact) mass is 285 g/mol. The minimum atomic E-state index is 0.853. The van der Waals surface area contributed by atoms with E-state index in [9.17, 15) is 0 Å². The van der Waals surface area contributed by atoms with E-state index in [4.69, 9.17) is 0 Å². The molecule has 3 heteroatoms. The van der Waals surface area contributed by atoms with Crippen LogP contribution in [0.2, 0.25) is 0 Å². The third-order valence-electron chi connectivity index (χ3n) is 3.17. The van der Waals surface area contributed by atoms with Crippen LogP contribution >= 0.6 is 0 Å². The average molecular weight is 285 g/mol. The zero-order valence-corrected chi connectivity index (χ0v) is 12.0. The van der Waals surface area contributed by atoms with Crippen LogP contribution in [0, 0.1) is 0 Å². The van der Waals surface area contributed by atoms with Gasteiger partial charge in [0.15, 0.2) is 0 Å². The number of aromatic nitrogens is 1. The highest BCUT2D eigenvalue weighted by molar-refractivity contribution is 6.12. The van der Waals surface area contributed by atoms with E-state index >= 15 is 0 Å². The van der Waals surface area contributed by atoms with Gasteiger partial charge in [0.25, 0.3) is 0 Å². The summed E-state index contributed by atoms with van der Waals surface area (Å²) in [5, 5.41) is 8.66. The average Bonchev–Trinajstić information content (AvgIpc) is 2.61. The molecule has 3 nitrogen and oxygen atoms in total. The molecule has 0 fully saturated rings. The van der Waals surface area contributed by atoms with Crippen LogP contribution in [-0.4, -0.2) is 16.9 Å². The van der Waals surface area contributed by atoms with Gasteiger partial charge in [0.2, 0.25) is 0 Å². The summed E-state index contributed by atoms with van der Waals surface area (Å²) in [6.45, 7) is 0. The van der Waals surface area contributed by atoms with Gasteiger partial charge >= 0.3 is 0 Å². The first kappa shape index (κ1) is 13.9. The maximum atomic E-state index is 4.43. The Labute approximate surface area is 129 Å². The van der Waals surface area contributed by atoms with E-state index in [1.165, 1.54) is 0 Å². The molecule has 1 heterocycles. The van der Waals surface area contributed by atoms with Gasteiger partial charge in [0.1, 0.15) is 5.71 Å². The molecule has 1 aromatic heterocycles. The van der Waals surface area contributed by atoms with Crippen LogP contribution in [0.3, 0.4) is 0 Å². The molecule has 2 aromatic carbocycles. The first-order chi connectivity index (χ1) is 10.9. The van der Waals surface area contributed by atoms with Crippen LogP contribution < -0.4 is 0 Å². The Morgan fingerprint density at radius 1 is 0.727 bits per heavy atom. The molecule has 0 N–H and O–H groups in total. The molecule has 106 valence electrons. The molecular weight excluding hydrogens is 270 g/mol. The molecular formula is C19H15N3. The Balaban J connectivity index is 1.96. The second kappa shape index (κ2) is 7.09. The fraction of sp³-hybridized carbons (Fsp3) is 0. The topological polar surface area (TPSA) is 37.6 Å². The summed E-state index contributed by atoms with van der Waals surface area (Å²) in [5.74, 6) is 0. The van der Waals surface area contributed by atoms with E-state index in [2.05, 4.69) is 15.2 Å². The first-order valence-corrected chi connectivity index (χ1v) is 7.05. The first-order valence-electron chi connectivity index (χ1n) is 7.05. The largest absolute Gasteiger partial charge is 0.265 e.